The Hall–Kier alpha value is -2.83. The van der Waals surface area contributed by atoms with Gasteiger partial charge >= 0.3 is 0 Å². The first-order valence-electron chi connectivity index (χ1n) is 13.1. The number of aromatic amines is 1. The highest BCUT2D eigenvalue weighted by molar-refractivity contribution is 5.85. The number of benzene rings is 2. The molecule has 2 aliphatic rings. The molecule has 186 valence electrons. The van der Waals surface area contributed by atoms with Crippen molar-refractivity contribution in [2.75, 3.05) is 33.3 Å². The summed E-state index contributed by atoms with van der Waals surface area (Å²) in [6.07, 6.45) is 6.35. The van der Waals surface area contributed by atoms with E-state index in [-0.39, 0.29) is 18.0 Å². The van der Waals surface area contributed by atoms with Gasteiger partial charge in [0.1, 0.15) is 5.75 Å². The summed E-state index contributed by atoms with van der Waals surface area (Å²) >= 11 is 0. The van der Waals surface area contributed by atoms with Crippen LogP contribution in [0.15, 0.2) is 54.7 Å². The van der Waals surface area contributed by atoms with Gasteiger partial charge in [-0.25, -0.2) is 0 Å². The van der Waals surface area contributed by atoms with Gasteiger partial charge in [0.15, 0.2) is 0 Å². The van der Waals surface area contributed by atoms with Gasteiger partial charge in [-0.2, -0.15) is 0 Å². The minimum absolute atomic E-state index is 0.0821. The number of ether oxygens (including phenoxy) is 1. The number of methoxy groups -OCH3 is 1. The van der Waals surface area contributed by atoms with Crippen LogP contribution in [0.5, 0.6) is 5.75 Å². The molecule has 3 heterocycles. The highest BCUT2D eigenvalue weighted by Gasteiger charge is 2.30. The predicted octanol–water partition coefficient (Wildman–Crippen LogP) is 4.53. The molecule has 0 aliphatic carbocycles. The SMILES string of the molecule is COc1ccc2[nH]cc(C3CCN(C(C)C(=O)NC4CCN(Cc5ccccc5)CC4)CC3)c2c1. The maximum absolute atomic E-state index is 13.1. The molecule has 1 aromatic heterocycles. The second kappa shape index (κ2) is 10.8. The third-order valence-electron chi connectivity index (χ3n) is 8.00. The number of piperidine rings is 2. The summed E-state index contributed by atoms with van der Waals surface area (Å²) in [4.78, 5) is 21.3. The van der Waals surface area contributed by atoms with Crippen molar-refractivity contribution in [2.24, 2.45) is 0 Å². The van der Waals surface area contributed by atoms with Crippen molar-refractivity contribution >= 4 is 16.8 Å². The van der Waals surface area contributed by atoms with Crippen LogP contribution in [0, 0.1) is 0 Å². The van der Waals surface area contributed by atoms with Gasteiger partial charge in [0.05, 0.1) is 13.2 Å². The maximum atomic E-state index is 13.1. The number of H-pyrrole nitrogens is 1. The van der Waals surface area contributed by atoms with E-state index >= 15 is 0 Å². The molecular weight excluding hydrogens is 436 g/mol. The maximum Gasteiger partial charge on any atom is 0.237 e. The quantitative estimate of drug-likeness (QED) is 0.528. The number of aromatic nitrogens is 1. The molecule has 0 saturated carbocycles. The summed E-state index contributed by atoms with van der Waals surface area (Å²) in [6.45, 7) is 7.04. The number of likely N-dealkylation sites (tertiary alicyclic amines) is 2. The molecule has 2 aliphatic heterocycles. The van der Waals surface area contributed by atoms with Crippen molar-refractivity contribution in [1.82, 2.24) is 20.1 Å². The van der Waals surface area contributed by atoms with Crippen LogP contribution in [0.2, 0.25) is 0 Å². The number of hydrogen-bond donors (Lipinski definition) is 2. The standard InChI is InChI=1S/C29H38N4O2/c1-21(29(34)31-24-12-14-32(15-13-24)20-22-6-4-3-5-7-22)33-16-10-23(11-17-33)27-19-30-28-9-8-25(35-2)18-26(27)28/h3-9,18-19,21,23-24,30H,10-17,20H2,1-2H3,(H,31,34). The van der Waals surface area contributed by atoms with Crippen molar-refractivity contribution in [3.63, 3.8) is 0 Å². The third kappa shape index (κ3) is 5.54. The summed E-state index contributed by atoms with van der Waals surface area (Å²) in [5.41, 5.74) is 3.89. The van der Waals surface area contributed by atoms with E-state index in [1.165, 1.54) is 16.5 Å². The average Bonchev–Trinajstić information content (AvgIpc) is 3.33. The van der Waals surface area contributed by atoms with E-state index in [9.17, 15) is 4.79 Å². The Bertz CT molecular complexity index is 1110. The molecule has 2 fully saturated rings. The van der Waals surface area contributed by atoms with Crippen LogP contribution in [0.3, 0.4) is 0 Å². The molecule has 0 bridgehead atoms. The van der Waals surface area contributed by atoms with E-state index in [1.807, 2.05) is 6.07 Å². The largest absolute Gasteiger partial charge is 0.497 e. The Morgan fingerprint density at radius 1 is 1.06 bits per heavy atom. The zero-order valence-electron chi connectivity index (χ0n) is 21.0. The van der Waals surface area contributed by atoms with Crippen molar-refractivity contribution in [3.8, 4) is 5.75 Å². The van der Waals surface area contributed by atoms with E-state index in [0.717, 1.165) is 69.7 Å². The molecule has 6 nitrogen and oxygen atoms in total. The monoisotopic (exact) mass is 474 g/mol. The first-order chi connectivity index (χ1) is 17.1. The van der Waals surface area contributed by atoms with Crippen molar-refractivity contribution in [1.29, 1.82) is 0 Å². The van der Waals surface area contributed by atoms with Crippen molar-refractivity contribution in [2.45, 2.75) is 57.2 Å². The van der Waals surface area contributed by atoms with Gasteiger partial charge in [0.25, 0.3) is 0 Å². The molecule has 2 N–H and O–H groups in total. The topological polar surface area (TPSA) is 60.6 Å². The molecule has 0 radical (unpaired) electrons. The van der Waals surface area contributed by atoms with Crippen LogP contribution in [-0.2, 0) is 11.3 Å². The summed E-state index contributed by atoms with van der Waals surface area (Å²) in [5.74, 6) is 1.59. The second-order valence-electron chi connectivity index (χ2n) is 10.2. The smallest absolute Gasteiger partial charge is 0.237 e. The molecule has 3 aromatic rings. The van der Waals surface area contributed by atoms with Crippen molar-refractivity contribution < 1.29 is 9.53 Å². The molecule has 1 amide bonds. The number of rotatable bonds is 7. The van der Waals surface area contributed by atoms with Crippen LogP contribution >= 0.6 is 0 Å². The second-order valence-corrected chi connectivity index (χ2v) is 10.2. The Balaban J connectivity index is 1.09. The first-order valence-corrected chi connectivity index (χ1v) is 13.1. The Morgan fingerprint density at radius 3 is 2.51 bits per heavy atom. The number of fused-ring (bicyclic) bond motifs is 1. The van der Waals surface area contributed by atoms with Gasteiger partial charge in [-0.1, -0.05) is 30.3 Å². The fraction of sp³-hybridized carbons (Fsp3) is 0.483. The lowest BCUT2D eigenvalue weighted by Crippen LogP contribution is -2.52. The number of nitrogens with zero attached hydrogens (tertiary/aromatic N) is 2. The lowest BCUT2D eigenvalue weighted by atomic mass is 9.88. The highest BCUT2D eigenvalue weighted by atomic mass is 16.5. The normalized spacial score (nSPS) is 19.6. The van der Waals surface area contributed by atoms with Gasteiger partial charge in [-0.05, 0) is 80.9 Å². The Morgan fingerprint density at radius 2 is 1.80 bits per heavy atom. The molecule has 0 spiro atoms. The fourth-order valence-electron chi connectivity index (χ4n) is 5.75. The lowest BCUT2D eigenvalue weighted by Gasteiger charge is -2.37. The number of carbonyl (C=O) groups is 1. The molecule has 2 saturated heterocycles. The fourth-order valence-corrected chi connectivity index (χ4v) is 5.75. The zero-order valence-corrected chi connectivity index (χ0v) is 21.0. The summed E-state index contributed by atoms with van der Waals surface area (Å²) in [5, 5.41) is 4.61. The van der Waals surface area contributed by atoms with Crippen LogP contribution in [0.4, 0.5) is 0 Å². The van der Waals surface area contributed by atoms with Crippen LogP contribution in [0.1, 0.15) is 49.7 Å². The van der Waals surface area contributed by atoms with Gasteiger partial charge in [0.2, 0.25) is 5.91 Å². The Kier molecular flexibility index (Phi) is 7.40. The third-order valence-corrected chi connectivity index (χ3v) is 8.00. The van der Waals surface area contributed by atoms with E-state index in [2.05, 4.69) is 75.7 Å². The molecule has 6 heteroatoms. The van der Waals surface area contributed by atoms with Crippen LogP contribution < -0.4 is 10.1 Å². The summed E-state index contributed by atoms with van der Waals surface area (Å²) < 4.78 is 5.43. The number of carbonyl (C=O) groups excluding carboxylic acids is 1. The van der Waals surface area contributed by atoms with E-state index in [1.54, 1.807) is 7.11 Å². The molecule has 35 heavy (non-hydrogen) atoms. The van der Waals surface area contributed by atoms with E-state index < -0.39 is 0 Å². The number of amides is 1. The number of nitrogens with one attached hydrogen (secondary N) is 2. The van der Waals surface area contributed by atoms with Gasteiger partial charge in [-0.3, -0.25) is 14.6 Å². The minimum Gasteiger partial charge on any atom is -0.497 e. The Labute approximate surface area is 208 Å². The van der Waals surface area contributed by atoms with Crippen LogP contribution in [0.25, 0.3) is 10.9 Å². The predicted molar refractivity (Wildman–Crippen MR) is 141 cm³/mol. The molecule has 1 atom stereocenters. The van der Waals surface area contributed by atoms with Gasteiger partial charge < -0.3 is 15.0 Å². The molecule has 5 rings (SSSR count). The molecule has 1 unspecified atom stereocenters. The first kappa shape index (κ1) is 23.9. The lowest BCUT2D eigenvalue weighted by molar-refractivity contribution is -0.127. The van der Waals surface area contributed by atoms with E-state index in [4.69, 9.17) is 4.74 Å². The molecular formula is C29H38N4O2. The van der Waals surface area contributed by atoms with Gasteiger partial charge in [0, 0.05) is 42.8 Å². The van der Waals surface area contributed by atoms with E-state index in [0.29, 0.717) is 5.92 Å². The average molecular weight is 475 g/mol. The minimum atomic E-state index is -0.0821. The van der Waals surface area contributed by atoms with Crippen molar-refractivity contribution in [3.05, 3.63) is 65.9 Å². The number of hydrogen-bond acceptors (Lipinski definition) is 4. The highest BCUT2D eigenvalue weighted by Crippen LogP contribution is 2.35. The molecule has 2 aromatic carbocycles. The zero-order chi connectivity index (χ0) is 24.2. The summed E-state index contributed by atoms with van der Waals surface area (Å²) in [6, 6.07) is 17.1. The van der Waals surface area contributed by atoms with Crippen LogP contribution in [-0.4, -0.2) is 66.1 Å². The van der Waals surface area contributed by atoms with Gasteiger partial charge in [-0.15, -0.1) is 0 Å². The summed E-state index contributed by atoms with van der Waals surface area (Å²) in [7, 11) is 1.71.